The number of rotatable bonds is 4. The normalized spacial score (nSPS) is 34.4. The predicted octanol–water partition coefficient (Wildman–Crippen LogP) is 3.67. The number of aromatic nitrogens is 1. The summed E-state index contributed by atoms with van der Waals surface area (Å²) in [6.45, 7) is 3.45. The van der Waals surface area contributed by atoms with Gasteiger partial charge >= 0.3 is 10.8 Å². The van der Waals surface area contributed by atoms with Crippen LogP contribution in [-0.4, -0.2) is 44.1 Å². The summed E-state index contributed by atoms with van der Waals surface area (Å²) in [5, 5.41) is 11.3. The van der Waals surface area contributed by atoms with Crippen molar-refractivity contribution in [2.75, 3.05) is 0 Å². The van der Waals surface area contributed by atoms with Crippen LogP contribution in [0.15, 0.2) is 34.1 Å². The number of nitrogens with one attached hydrogen (secondary N) is 1. The van der Waals surface area contributed by atoms with Crippen LogP contribution in [-0.2, 0) is 14.4 Å². The van der Waals surface area contributed by atoms with Gasteiger partial charge < -0.3 is 10.1 Å². The van der Waals surface area contributed by atoms with E-state index in [2.05, 4.69) is 4.98 Å². The number of hydrogen-bond donors (Lipinski definition) is 2. The molecule has 1 aromatic heterocycles. The van der Waals surface area contributed by atoms with Gasteiger partial charge in [-0.3, -0.25) is 19.3 Å². The van der Waals surface area contributed by atoms with E-state index in [1.165, 1.54) is 11.3 Å². The van der Waals surface area contributed by atoms with Crippen molar-refractivity contribution in [3.05, 3.63) is 49.4 Å². The lowest BCUT2D eigenvalue weighted by Gasteiger charge is -2.43. The summed E-state index contributed by atoms with van der Waals surface area (Å²) >= 11 is 8.97. The lowest BCUT2D eigenvalue weighted by Crippen LogP contribution is -2.49. The Morgan fingerprint density at radius 3 is 2.38 bits per heavy atom. The smallest absolute Gasteiger partial charge is 0.327 e. The summed E-state index contributed by atoms with van der Waals surface area (Å²) in [7, 11) is 0. The maximum atomic E-state index is 13.6. The van der Waals surface area contributed by atoms with Gasteiger partial charge in [0.1, 0.15) is 6.04 Å². The number of carboxylic acid groups (broad SMARTS) is 1. The molecule has 1 aromatic carbocycles. The topological polar surface area (TPSA) is 108 Å². The van der Waals surface area contributed by atoms with E-state index in [0.717, 1.165) is 26.8 Å². The number of aromatic amines is 1. The number of fused-ring (bicyclic) bond motifs is 9. The molecular formula is C24H23ClN2O5S2. The number of thiazole rings is 1. The Labute approximate surface area is 208 Å². The number of carbonyl (C=O) groups excluding carboxylic acids is 2. The first kappa shape index (κ1) is 22.4. The number of nitrogens with zero attached hydrogens (tertiary/aromatic N) is 1. The first-order valence-corrected chi connectivity index (χ1v) is 13.5. The van der Waals surface area contributed by atoms with Crippen molar-refractivity contribution in [1.29, 1.82) is 0 Å². The third kappa shape index (κ3) is 2.96. The Kier molecular flexibility index (Phi) is 5.07. The second-order valence-electron chi connectivity index (χ2n) is 10.1. The van der Waals surface area contributed by atoms with Gasteiger partial charge in [0.2, 0.25) is 11.8 Å². The molecule has 2 aliphatic heterocycles. The minimum Gasteiger partial charge on any atom is -0.480 e. The van der Waals surface area contributed by atoms with Gasteiger partial charge in [0.15, 0.2) is 0 Å². The number of halogens is 1. The van der Waals surface area contributed by atoms with Crippen molar-refractivity contribution in [2.45, 2.75) is 42.5 Å². The Morgan fingerprint density at radius 1 is 1.12 bits per heavy atom. The second kappa shape index (κ2) is 7.70. The second-order valence-corrected chi connectivity index (χ2v) is 12.7. The molecule has 2 aromatic rings. The summed E-state index contributed by atoms with van der Waals surface area (Å²) in [5.41, 5.74) is 1.04. The monoisotopic (exact) mass is 518 g/mol. The molecule has 3 heterocycles. The molecule has 10 heteroatoms. The molecule has 0 radical (unpaired) electrons. The number of carboxylic acids is 1. The standard InChI is InChI=1S/C24H23ClN2O5S2/c1-8(2)17(23(30)31)27-21(28)15-11-7-12(16(15)22(27)29)18-14(11)13(9-3-5-10(25)6-4-9)19-20(33-18)26-24(32)34-19/h3-6,8,11-18H,7H2,1-2H3,(H,26,32)(H,30,31). The third-order valence-corrected chi connectivity index (χ3v) is 11.0. The Balaban J connectivity index is 1.44. The van der Waals surface area contributed by atoms with Gasteiger partial charge in [0, 0.05) is 21.1 Å². The van der Waals surface area contributed by atoms with Crippen molar-refractivity contribution in [2.24, 2.45) is 35.5 Å². The zero-order chi connectivity index (χ0) is 24.0. The highest BCUT2D eigenvalue weighted by molar-refractivity contribution is 8.00. The van der Waals surface area contributed by atoms with Gasteiger partial charge in [0.25, 0.3) is 0 Å². The fourth-order valence-electron chi connectivity index (χ4n) is 7.05. The molecule has 0 spiro atoms. The quantitative estimate of drug-likeness (QED) is 0.598. The van der Waals surface area contributed by atoms with Gasteiger partial charge in [-0.05, 0) is 47.8 Å². The molecule has 34 heavy (non-hydrogen) atoms. The molecule has 2 amide bonds. The molecule has 8 unspecified atom stereocenters. The molecule has 8 atom stereocenters. The molecule has 6 rings (SSSR count). The predicted molar refractivity (Wildman–Crippen MR) is 128 cm³/mol. The SMILES string of the molecule is CC(C)C(C(=O)O)N1C(=O)C2C3CC(C2C1=O)C1C(c2ccc(Cl)cc2)c2sc(=O)[nH]c2SC31. The van der Waals surface area contributed by atoms with E-state index in [9.17, 15) is 24.3 Å². The highest BCUT2D eigenvalue weighted by Crippen LogP contribution is 2.68. The number of carbonyl (C=O) groups is 3. The van der Waals surface area contributed by atoms with Crippen LogP contribution in [0.3, 0.4) is 0 Å². The van der Waals surface area contributed by atoms with Gasteiger partial charge in [-0.2, -0.15) is 0 Å². The van der Waals surface area contributed by atoms with Crippen LogP contribution in [0.4, 0.5) is 0 Å². The number of hydrogen-bond acceptors (Lipinski definition) is 6. The zero-order valence-electron chi connectivity index (χ0n) is 18.4. The molecule has 4 aliphatic rings. The molecule has 2 bridgehead atoms. The summed E-state index contributed by atoms with van der Waals surface area (Å²) in [6, 6.07) is 6.48. The lowest BCUT2D eigenvalue weighted by atomic mass is 9.68. The van der Waals surface area contributed by atoms with E-state index in [1.54, 1.807) is 25.6 Å². The van der Waals surface area contributed by atoms with Crippen LogP contribution in [0.5, 0.6) is 0 Å². The number of benzene rings is 1. The average molecular weight is 519 g/mol. The Morgan fingerprint density at radius 2 is 1.76 bits per heavy atom. The first-order chi connectivity index (χ1) is 16.2. The fourth-order valence-corrected chi connectivity index (χ4v) is 10.1. The van der Waals surface area contributed by atoms with E-state index in [4.69, 9.17) is 11.6 Å². The Hall–Kier alpha value is -2.10. The highest BCUT2D eigenvalue weighted by atomic mass is 35.5. The molecule has 2 N–H and O–H groups in total. The van der Waals surface area contributed by atoms with Crippen molar-refractivity contribution in [1.82, 2.24) is 9.88 Å². The van der Waals surface area contributed by atoms with Crippen LogP contribution in [0.1, 0.15) is 36.6 Å². The average Bonchev–Trinajstić information content (AvgIpc) is 3.49. The number of aliphatic carboxylic acids is 1. The van der Waals surface area contributed by atoms with E-state index in [-0.39, 0.29) is 51.5 Å². The van der Waals surface area contributed by atoms with Crippen molar-refractivity contribution in [3.63, 3.8) is 0 Å². The third-order valence-electron chi connectivity index (χ3n) is 8.15. The largest absolute Gasteiger partial charge is 0.480 e. The van der Waals surface area contributed by atoms with E-state index in [1.807, 2.05) is 24.3 Å². The molecular weight excluding hydrogens is 496 g/mol. The number of imide groups is 1. The number of amides is 2. The van der Waals surface area contributed by atoms with Crippen LogP contribution in [0.2, 0.25) is 5.02 Å². The zero-order valence-corrected chi connectivity index (χ0v) is 20.8. The van der Waals surface area contributed by atoms with Crippen LogP contribution < -0.4 is 4.87 Å². The summed E-state index contributed by atoms with van der Waals surface area (Å²) in [4.78, 5) is 56.3. The van der Waals surface area contributed by atoms with Crippen LogP contribution in [0.25, 0.3) is 0 Å². The molecule has 3 fully saturated rings. The van der Waals surface area contributed by atoms with Crippen LogP contribution >= 0.6 is 34.7 Å². The van der Waals surface area contributed by atoms with E-state index in [0.29, 0.717) is 5.02 Å². The lowest BCUT2D eigenvalue weighted by molar-refractivity contribution is -0.157. The van der Waals surface area contributed by atoms with Crippen molar-refractivity contribution in [3.8, 4) is 0 Å². The Bertz CT molecular complexity index is 1270. The summed E-state index contributed by atoms with van der Waals surface area (Å²) in [6.07, 6.45) is 0.770. The minimum atomic E-state index is -1.15. The van der Waals surface area contributed by atoms with Crippen molar-refractivity contribution >= 4 is 52.5 Å². The van der Waals surface area contributed by atoms with E-state index >= 15 is 0 Å². The molecule has 178 valence electrons. The number of H-pyrrole nitrogens is 1. The van der Waals surface area contributed by atoms with Crippen molar-refractivity contribution < 1.29 is 19.5 Å². The maximum Gasteiger partial charge on any atom is 0.327 e. The van der Waals surface area contributed by atoms with E-state index < -0.39 is 23.8 Å². The first-order valence-electron chi connectivity index (χ1n) is 11.4. The summed E-state index contributed by atoms with van der Waals surface area (Å²) in [5.74, 6) is -3.24. The number of thioether (sulfide) groups is 1. The highest BCUT2D eigenvalue weighted by Gasteiger charge is 2.70. The number of likely N-dealkylation sites (tertiary alicyclic amines) is 1. The van der Waals surface area contributed by atoms with Crippen LogP contribution in [0, 0.1) is 35.5 Å². The minimum absolute atomic E-state index is 0.0283. The van der Waals surface area contributed by atoms with Gasteiger partial charge in [0.05, 0.1) is 16.9 Å². The molecule has 7 nitrogen and oxygen atoms in total. The maximum absolute atomic E-state index is 13.6. The van der Waals surface area contributed by atoms with Gasteiger partial charge in [-0.1, -0.05) is 48.9 Å². The molecule has 2 aliphatic carbocycles. The van der Waals surface area contributed by atoms with Gasteiger partial charge in [-0.15, -0.1) is 11.8 Å². The fraction of sp³-hybridized carbons (Fsp3) is 0.500. The molecule has 1 saturated heterocycles. The van der Waals surface area contributed by atoms with Gasteiger partial charge in [-0.25, -0.2) is 4.79 Å². The molecule has 2 saturated carbocycles. The summed E-state index contributed by atoms with van der Waals surface area (Å²) < 4.78 is 0.